The summed E-state index contributed by atoms with van der Waals surface area (Å²) < 4.78 is 54.9. The first kappa shape index (κ1) is 15.2. The zero-order valence-corrected chi connectivity index (χ0v) is 13.0. The molecule has 0 spiro atoms. The van der Waals surface area contributed by atoms with Crippen LogP contribution in [0.3, 0.4) is 0 Å². The Morgan fingerprint density at radius 1 is 1.25 bits per heavy atom. The fraction of sp³-hybridized carbons (Fsp3) is 0.273. The lowest BCUT2D eigenvalue weighted by molar-refractivity contribution is 0.487. The summed E-state index contributed by atoms with van der Waals surface area (Å²) in [5.74, 6) is 0.203. The van der Waals surface area contributed by atoms with Crippen LogP contribution < -0.4 is 4.72 Å². The van der Waals surface area contributed by atoms with Gasteiger partial charge in [-0.1, -0.05) is 6.07 Å². The first-order chi connectivity index (χ1) is 9.31. The molecule has 20 heavy (non-hydrogen) atoms. The maximum atomic E-state index is 12.5. The summed E-state index contributed by atoms with van der Waals surface area (Å²) in [5, 5.41) is 0.557. The Bertz CT molecular complexity index is 745. The van der Waals surface area contributed by atoms with Crippen molar-refractivity contribution >= 4 is 31.2 Å². The van der Waals surface area contributed by atoms with Crippen molar-refractivity contribution in [1.29, 1.82) is 0 Å². The lowest BCUT2D eigenvalue weighted by Crippen LogP contribution is -2.30. The first-order valence-electron chi connectivity index (χ1n) is 5.56. The van der Waals surface area contributed by atoms with Gasteiger partial charge >= 0.3 is 0 Å². The van der Waals surface area contributed by atoms with Gasteiger partial charge in [0.05, 0.1) is 12.5 Å². The Morgan fingerprint density at radius 3 is 2.50 bits per heavy atom. The normalized spacial score (nSPS) is 14.2. The van der Waals surface area contributed by atoms with E-state index in [1.807, 2.05) is 0 Å². The van der Waals surface area contributed by atoms with E-state index in [0.29, 0.717) is 0 Å². The number of nitrogens with one attached hydrogen (secondary N) is 1. The van der Waals surface area contributed by atoms with Crippen LogP contribution in [-0.2, 0) is 19.9 Å². The number of thiophene rings is 1. The van der Waals surface area contributed by atoms with Crippen LogP contribution in [0, 0.1) is 0 Å². The number of hydrogen-bond acceptors (Lipinski definition) is 6. The highest BCUT2D eigenvalue weighted by atomic mass is 32.2. The second kappa shape index (κ2) is 5.68. The number of hydrogen-bond donors (Lipinski definition) is 1. The van der Waals surface area contributed by atoms with Crippen molar-refractivity contribution in [3.8, 4) is 0 Å². The van der Waals surface area contributed by atoms with Gasteiger partial charge in [0, 0.05) is 6.54 Å². The van der Waals surface area contributed by atoms with Gasteiger partial charge in [0.2, 0.25) is 10.0 Å². The van der Waals surface area contributed by atoms with Gasteiger partial charge in [0.15, 0.2) is 9.84 Å². The smallest absolute Gasteiger partial charge is 0.208 e. The van der Waals surface area contributed by atoms with Crippen molar-refractivity contribution in [2.75, 3.05) is 12.8 Å². The van der Waals surface area contributed by atoms with Crippen molar-refractivity contribution < 1.29 is 21.3 Å². The molecule has 0 aromatic carbocycles. The molecule has 2 rings (SSSR count). The van der Waals surface area contributed by atoms with Crippen LogP contribution in [0.5, 0.6) is 0 Å². The van der Waals surface area contributed by atoms with E-state index in [9.17, 15) is 16.8 Å². The number of furan rings is 1. The molecule has 6 nitrogen and oxygen atoms in total. The van der Waals surface area contributed by atoms with E-state index in [1.54, 1.807) is 17.5 Å². The van der Waals surface area contributed by atoms with Crippen LogP contribution in [0.25, 0.3) is 0 Å². The molecule has 0 amide bonds. The van der Waals surface area contributed by atoms with E-state index >= 15 is 0 Å². The molecule has 0 fully saturated rings. The molecule has 0 aliphatic heterocycles. The van der Waals surface area contributed by atoms with Crippen LogP contribution in [0.1, 0.15) is 11.0 Å². The molecule has 2 aromatic heterocycles. The summed E-state index contributed by atoms with van der Waals surface area (Å²) in [4.78, 5) is 0. The third-order valence-corrected chi connectivity index (χ3v) is 6.72. The number of sulfonamides is 1. The third-order valence-electron chi connectivity index (χ3n) is 2.54. The molecule has 0 radical (unpaired) electrons. The minimum absolute atomic E-state index is 0.175. The minimum Gasteiger partial charge on any atom is -0.468 e. The summed E-state index contributed by atoms with van der Waals surface area (Å²) >= 11 is 1.08. The standard InChI is InChI=1S/C11H13NO5S3/c1-19(13,14)12-8-10(9-4-2-6-17-9)20(15,16)11-5-3-7-18-11/h2-7,10,12H,8H2,1H3/t10-/m1/s1. The Kier molecular flexibility index (Phi) is 4.33. The molecule has 0 unspecified atom stereocenters. The summed E-state index contributed by atoms with van der Waals surface area (Å²) in [7, 11) is -7.20. The first-order valence-corrected chi connectivity index (χ1v) is 9.88. The number of rotatable bonds is 6. The van der Waals surface area contributed by atoms with Gasteiger partial charge in [-0.15, -0.1) is 11.3 Å². The highest BCUT2D eigenvalue weighted by molar-refractivity contribution is 7.93. The van der Waals surface area contributed by atoms with Gasteiger partial charge in [0.25, 0.3) is 0 Å². The molecule has 0 aliphatic rings. The lowest BCUT2D eigenvalue weighted by atomic mass is 10.3. The van der Waals surface area contributed by atoms with Crippen molar-refractivity contribution in [2.24, 2.45) is 0 Å². The van der Waals surface area contributed by atoms with E-state index in [4.69, 9.17) is 4.42 Å². The lowest BCUT2D eigenvalue weighted by Gasteiger charge is -2.14. The third kappa shape index (κ3) is 3.48. The summed E-state index contributed by atoms with van der Waals surface area (Å²) in [6, 6.07) is 6.18. The van der Waals surface area contributed by atoms with Gasteiger partial charge in [-0.2, -0.15) is 0 Å². The second-order valence-corrected chi connectivity index (χ2v) is 9.24. The Labute approximate surface area is 121 Å². The highest BCUT2D eigenvalue weighted by Gasteiger charge is 2.32. The maximum absolute atomic E-state index is 12.5. The highest BCUT2D eigenvalue weighted by Crippen LogP contribution is 2.31. The van der Waals surface area contributed by atoms with Gasteiger partial charge in [0.1, 0.15) is 15.2 Å². The van der Waals surface area contributed by atoms with Gasteiger partial charge in [-0.25, -0.2) is 21.6 Å². The summed E-state index contributed by atoms with van der Waals surface area (Å²) in [5.41, 5.74) is 0. The van der Waals surface area contributed by atoms with E-state index in [-0.39, 0.29) is 16.5 Å². The maximum Gasteiger partial charge on any atom is 0.208 e. The van der Waals surface area contributed by atoms with E-state index in [1.165, 1.54) is 18.4 Å². The van der Waals surface area contributed by atoms with E-state index in [0.717, 1.165) is 17.6 Å². The van der Waals surface area contributed by atoms with Crippen LogP contribution >= 0.6 is 11.3 Å². The van der Waals surface area contributed by atoms with Crippen molar-refractivity contribution in [1.82, 2.24) is 4.72 Å². The number of sulfone groups is 1. The van der Waals surface area contributed by atoms with E-state index in [2.05, 4.69) is 4.72 Å². The average Bonchev–Trinajstić information content (AvgIpc) is 3.00. The minimum atomic E-state index is -3.71. The largest absolute Gasteiger partial charge is 0.468 e. The molecule has 0 bridgehead atoms. The molecule has 1 atom stereocenters. The monoisotopic (exact) mass is 335 g/mol. The van der Waals surface area contributed by atoms with Crippen molar-refractivity contribution in [3.05, 3.63) is 41.7 Å². The Balaban J connectivity index is 2.37. The Morgan fingerprint density at radius 2 is 2.00 bits per heavy atom. The molecular formula is C11H13NO5S3. The SMILES string of the molecule is CS(=O)(=O)NC[C@H](c1ccco1)S(=O)(=O)c1cccs1. The molecule has 0 saturated heterocycles. The summed E-state index contributed by atoms with van der Waals surface area (Å²) in [6.45, 7) is -0.271. The van der Waals surface area contributed by atoms with Gasteiger partial charge in [-0.3, -0.25) is 0 Å². The van der Waals surface area contributed by atoms with Crippen molar-refractivity contribution in [3.63, 3.8) is 0 Å². The van der Waals surface area contributed by atoms with Crippen molar-refractivity contribution in [2.45, 2.75) is 9.46 Å². The molecular weight excluding hydrogens is 322 g/mol. The Hall–Kier alpha value is -1.16. The summed E-state index contributed by atoms with van der Waals surface area (Å²) in [6.07, 6.45) is 2.33. The zero-order chi connectivity index (χ0) is 14.8. The second-order valence-electron chi connectivity index (χ2n) is 4.10. The topological polar surface area (TPSA) is 93.4 Å². The van der Waals surface area contributed by atoms with Crippen LogP contribution in [0.2, 0.25) is 0 Å². The molecule has 110 valence electrons. The van der Waals surface area contributed by atoms with Gasteiger partial charge in [-0.05, 0) is 23.6 Å². The fourth-order valence-electron chi connectivity index (χ4n) is 1.63. The molecule has 1 N–H and O–H groups in total. The zero-order valence-electron chi connectivity index (χ0n) is 10.5. The fourth-order valence-corrected chi connectivity index (χ4v) is 5.00. The van der Waals surface area contributed by atoms with Crippen LogP contribution in [-0.4, -0.2) is 29.6 Å². The molecule has 0 saturated carbocycles. The average molecular weight is 335 g/mol. The predicted molar refractivity (Wildman–Crippen MR) is 75.8 cm³/mol. The molecule has 2 heterocycles. The molecule has 0 aliphatic carbocycles. The molecule has 9 heteroatoms. The van der Waals surface area contributed by atoms with E-state index < -0.39 is 25.1 Å². The quantitative estimate of drug-likeness (QED) is 0.861. The van der Waals surface area contributed by atoms with Gasteiger partial charge < -0.3 is 4.42 Å². The van der Waals surface area contributed by atoms with Crippen LogP contribution in [0.4, 0.5) is 0 Å². The predicted octanol–water partition coefficient (Wildman–Crippen LogP) is 1.41. The molecule has 2 aromatic rings. The van der Waals surface area contributed by atoms with Crippen LogP contribution in [0.15, 0.2) is 44.5 Å².